The number of ether oxygens (including phenoxy) is 1. The maximum atomic E-state index is 11.4. The second-order valence-corrected chi connectivity index (χ2v) is 16.9. The van der Waals surface area contributed by atoms with Crippen molar-refractivity contribution in [1.82, 2.24) is 24.5 Å². The van der Waals surface area contributed by atoms with Crippen molar-refractivity contribution in [2.24, 2.45) is 0 Å². The van der Waals surface area contributed by atoms with Crippen LogP contribution in [-0.2, 0) is 11.3 Å². The second-order valence-electron chi connectivity index (χ2n) is 16.9. The van der Waals surface area contributed by atoms with Crippen LogP contribution in [0, 0.1) is 0 Å². The number of fused-ring (bicyclic) bond motifs is 10. The molecule has 0 unspecified atom stereocenters. The fourth-order valence-corrected chi connectivity index (χ4v) is 9.52. The standard InChI is InChI=1S/C58H48N6O2/c1-38(65)59-42-25-27-43(28-26-42)66-36-16-3-2-15-35-64-52-24-14-13-23-44(52)57-50-34-33-48(62-50)55(40-19-9-5-10-20-40)46-30-29-45(60-46)54(39-17-7-4-8-18-39)47-31-32-49(61-47)56(41-21-11-6-12-22-41)51-37-53(64)58(57)63-51/h4-14,17-34,37,61-62H,2-3,15-16,35-36H2,1H3,(H,59,65). The second kappa shape index (κ2) is 17.7. The molecule has 0 radical (unpaired) electrons. The highest BCUT2D eigenvalue weighted by Gasteiger charge is 2.22. The third kappa shape index (κ3) is 7.87. The molecule has 8 aromatic rings. The van der Waals surface area contributed by atoms with Crippen molar-refractivity contribution in [3.05, 3.63) is 181 Å². The topological polar surface area (TPSA) is 101 Å². The van der Waals surface area contributed by atoms with Gasteiger partial charge >= 0.3 is 0 Å². The van der Waals surface area contributed by atoms with Gasteiger partial charge in [-0.3, -0.25) is 4.79 Å². The fraction of sp³-hybridized carbons (Fsp3) is 0.121. The molecule has 0 fully saturated rings. The van der Waals surface area contributed by atoms with Crippen LogP contribution in [0.25, 0.3) is 101 Å². The lowest BCUT2D eigenvalue weighted by Gasteiger charge is -2.18. The zero-order valence-corrected chi connectivity index (χ0v) is 36.7. The fourth-order valence-electron chi connectivity index (χ4n) is 9.52. The Morgan fingerprint density at radius 1 is 0.576 bits per heavy atom. The number of nitrogens with one attached hydrogen (secondary N) is 3. The number of H-pyrrole nitrogens is 2. The molecule has 3 aliphatic rings. The van der Waals surface area contributed by atoms with Gasteiger partial charge < -0.3 is 24.6 Å². The molecule has 1 amide bonds. The Hall–Kier alpha value is -8.23. The van der Waals surface area contributed by atoms with E-state index in [2.05, 4.69) is 178 Å². The summed E-state index contributed by atoms with van der Waals surface area (Å²) in [5.74, 6) is 0.716. The van der Waals surface area contributed by atoms with Crippen molar-refractivity contribution in [3.63, 3.8) is 0 Å². The molecule has 11 rings (SSSR count). The van der Waals surface area contributed by atoms with Crippen molar-refractivity contribution in [1.29, 1.82) is 0 Å². The monoisotopic (exact) mass is 860 g/mol. The first-order chi connectivity index (χ1) is 32.6. The number of benzene rings is 5. The van der Waals surface area contributed by atoms with Gasteiger partial charge in [0.2, 0.25) is 5.91 Å². The molecule has 8 bridgehead atoms. The highest BCUT2D eigenvalue weighted by molar-refractivity contribution is 6.14. The summed E-state index contributed by atoms with van der Waals surface area (Å²) in [6.45, 7) is 2.98. The van der Waals surface area contributed by atoms with E-state index >= 15 is 0 Å². The molecule has 3 aromatic heterocycles. The van der Waals surface area contributed by atoms with Crippen molar-refractivity contribution in [3.8, 4) is 50.5 Å². The van der Waals surface area contributed by atoms with Gasteiger partial charge in [-0.25, -0.2) is 9.97 Å². The number of unbranched alkanes of at least 4 members (excludes halogenated alkanes) is 3. The molecule has 0 saturated heterocycles. The molecule has 0 spiro atoms. The number of hydrogen-bond acceptors (Lipinski definition) is 4. The molecular weight excluding hydrogens is 813 g/mol. The van der Waals surface area contributed by atoms with Crippen LogP contribution in [-0.4, -0.2) is 37.0 Å². The Balaban J connectivity index is 1.09. The van der Waals surface area contributed by atoms with E-state index in [0.29, 0.717) is 6.61 Å². The number of amides is 1. The van der Waals surface area contributed by atoms with Gasteiger partial charge in [0.15, 0.2) is 0 Å². The average molecular weight is 861 g/mol. The van der Waals surface area contributed by atoms with Crippen LogP contribution in [0.3, 0.4) is 0 Å². The SMILES string of the molecule is CC(=O)Nc1ccc(OCCCCCCn2c3cc4nc-3c(c3ccc([nH]3)c(-c3ccccc3)c3nc(c(-c5ccccc5)c5ccc([nH]5)c4-c4ccccc4)C=C3)c3ccccc32)cc1. The molecule has 0 aliphatic carbocycles. The minimum Gasteiger partial charge on any atom is -0.494 e. The Morgan fingerprint density at radius 2 is 1.12 bits per heavy atom. The first kappa shape index (κ1) is 40.5. The lowest BCUT2D eigenvalue weighted by molar-refractivity contribution is -0.114. The summed E-state index contributed by atoms with van der Waals surface area (Å²) in [6, 6.07) is 59.1. The summed E-state index contributed by atoms with van der Waals surface area (Å²) in [6.07, 6.45) is 8.34. The Labute approximate surface area is 383 Å². The highest BCUT2D eigenvalue weighted by atomic mass is 16.5. The number of nitrogens with zero attached hydrogens (tertiary/aromatic N) is 3. The van der Waals surface area contributed by atoms with Crippen LogP contribution in [0.15, 0.2) is 170 Å². The van der Waals surface area contributed by atoms with E-state index < -0.39 is 0 Å². The average Bonchev–Trinajstić information content (AvgIpc) is 4.20. The van der Waals surface area contributed by atoms with E-state index in [1.54, 1.807) is 0 Å². The minimum absolute atomic E-state index is 0.0875. The number of hydrogen-bond donors (Lipinski definition) is 3. The molecule has 322 valence electrons. The molecule has 0 saturated carbocycles. The van der Waals surface area contributed by atoms with Crippen molar-refractivity contribution >= 4 is 67.6 Å². The molecule has 5 aromatic carbocycles. The van der Waals surface area contributed by atoms with Crippen molar-refractivity contribution in [2.45, 2.75) is 39.2 Å². The van der Waals surface area contributed by atoms with Crippen molar-refractivity contribution in [2.75, 3.05) is 11.9 Å². The summed E-state index contributed by atoms with van der Waals surface area (Å²) < 4.78 is 8.54. The van der Waals surface area contributed by atoms with Crippen molar-refractivity contribution < 1.29 is 9.53 Å². The number of pyridine rings is 1. The maximum Gasteiger partial charge on any atom is 0.221 e. The largest absolute Gasteiger partial charge is 0.494 e. The first-order valence-electron chi connectivity index (χ1n) is 22.8. The first-order valence-corrected chi connectivity index (χ1v) is 22.8. The van der Waals surface area contributed by atoms with Crippen LogP contribution in [0.5, 0.6) is 5.75 Å². The quantitative estimate of drug-likeness (QED) is 0.107. The van der Waals surface area contributed by atoms with E-state index in [1.165, 1.54) is 12.4 Å². The molecule has 3 N–H and O–H groups in total. The molecule has 0 atom stereocenters. The predicted molar refractivity (Wildman–Crippen MR) is 272 cm³/mol. The van der Waals surface area contributed by atoms with E-state index in [1.807, 2.05) is 24.3 Å². The highest BCUT2D eigenvalue weighted by Crippen LogP contribution is 2.42. The summed E-state index contributed by atoms with van der Waals surface area (Å²) in [7, 11) is 0. The zero-order valence-electron chi connectivity index (χ0n) is 36.7. The molecule has 8 heteroatoms. The molecule has 66 heavy (non-hydrogen) atoms. The van der Waals surface area contributed by atoms with Gasteiger partial charge in [-0.15, -0.1) is 0 Å². The van der Waals surface area contributed by atoms with Gasteiger partial charge in [0.1, 0.15) is 5.75 Å². The third-order valence-electron chi connectivity index (χ3n) is 12.5. The predicted octanol–water partition coefficient (Wildman–Crippen LogP) is 14.4. The van der Waals surface area contributed by atoms with Gasteiger partial charge in [-0.2, -0.15) is 0 Å². The lowest BCUT2D eigenvalue weighted by Crippen LogP contribution is -2.06. The van der Waals surface area contributed by atoms with Gasteiger partial charge in [0.05, 0.1) is 34.9 Å². The van der Waals surface area contributed by atoms with Gasteiger partial charge in [0.25, 0.3) is 0 Å². The maximum absolute atomic E-state index is 11.4. The molecular formula is C58H48N6O2. The van der Waals surface area contributed by atoms with E-state index in [-0.39, 0.29) is 5.91 Å². The number of para-hydroxylation sites is 1. The Morgan fingerprint density at radius 3 is 1.76 bits per heavy atom. The summed E-state index contributed by atoms with van der Waals surface area (Å²) in [4.78, 5) is 30.3. The van der Waals surface area contributed by atoms with E-state index in [0.717, 1.165) is 138 Å². The lowest BCUT2D eigenvalue weighted by atomic mass is 10.0. The Kier molecular flexibility index (Phi) is 10.9. The third-order valence-corrected chi connectivity index (χ3v) is 12.5. The summed E-state index contributed by atoms with van der Waals surface area (Å²) in [5, 5.41) is 5.02. The van der Waals surface area contributed by atoms with Crippen LogP contribution < -0.4 is 10.1 Å². The van der Waals surface area contributed by atoms with E-state index in [4.69, 9.17) is 14.7 Å². The summed E-state index contributed by atoms with van der Waals surface area (Å²) >= 11 is 0. The molecule has 3 aliphatic heterocycles. The van der Waals surface area contributed by atoms with E-state index in [9.17, 15) is 4.79 Å². The number of aromatic nitrogens is 5. The number of anilines is 1. The molecule has 8 nitrogen and oxygen atoms in total. The Bertz CT molecular complexity index is 3490. The number of rotatable bonds is 12. The van der Waals surface area contributed by atoms with Crippen LogP contribution in [0.2, 0.25) is 0 Å². The van der Waals surface area contributed by atoms with Crippen LogP contribution in [0.1, 0.15) is 44.0 Å². The van der Waals surface area contributed by atoms with Crippen LogP contribution in [0.4, 0.5) is 5.69 Å². The molecule has 6 heterocycles. The number of aromatic amines is 2. The normalized spacial score (nSPS) is 11.8. The smallest absolute Gasteiger partial charge is 0.221 e. The summed E-state index contributed by atoms with van der Waals surface area (Å²) in [5.41, 5.74) is 17.0. The zero-order chi connectivity index (χ0) is 44.4. The number of aryl methyl sites for hydroxylation is 1. The minimum atomic E-state index is -0.0875. The van der Waals surface area contributed by atoms with Gasteiger partial charge in [0, 0.05) is 74.2 Å². The number of carbonyl (C=O) groups excluding carboxylic acids is 1. The van der Waals surface area contributed by atoms with Crippen LogP contribution >= 0.6 is 0 Å². The number of carbonyl (C=O) groups is 1. The van der Waals surface area contributed by atoms with Gasteiger partial charge in [-0.05, 0) is 102 Å². The van der Waals surface area contributed by atoms with Gasteiger partial charge in [-0.1, -0.05) is 122 Å².